The SMILES string of the molecule is O=S(=O)(c1ccc(C(F)(F)F)cc1)N1C2CC3=NN=CC3C1CC(c1ccc(Br)cc1)C2. The number of piperidine rings is 2. The Morgan fingerprint density at radius 3 is 2.34 bits per heavy atom. The molecule has 4 atom stereocenters. The van der Waals surface area contributed by atoms with Crippen LogP contribution in [0.15, 0.2) is 68.1 Å². The third-order valence-corrected chi connectivity index (χ3v) is 9.05. The van der Waals surface area contributed by atoms with Crippen LogP contribution < -0.4 is 0 Å². The Labute approximate surface area is 192 Å². The van der Waals surface area contributed by atoms with E-state index in [0.29, 0.717) is 19.3 Å². The van der Waals surface area contributed by atoms with Crippen molar-refractivity contribution in [2.45, 2.75) is 48.3 Å². The molecule has 2 saturated heterocycles. The van der Waals surface area contributed by atoms with Gasteiger partial charge in [-0.05, 0) is 60.7 Å². The summed E-state index contributed by atoms with van der Waals surface area (Å²) in [5, 5.41) is 8.25. The van der Waals surface area contributed by atoms with E-state index in [0.717, 1.165) is 40.0 Å². The zero-order chi connectivity index (χ0) is 22.7. The number of nitrogens with zero attached hydrogens (tertiary/aromatic N) is 3. The van der Waals surface area contributed by atoms with E-state index in [4.69, 9.17) is 0 Å². The van der Waals surface area contributed by atoms with Crippen LogP contribution in [-0.2, 0) is 16.2 Å². The van der Waals surface area contributed by atoms with Crippen LogP contribution in [0.25, 0.3) is 0 Å². The average Bonchev–Trinajstić information content (AvgIpc) is 3.21. The predicted molar refractivity (Wildman–Crippen MR) is 118 cm³/mol. The van der Waals surface area contributed by atoms with Crippen LogP contribution >= 0.6 is 15.9 Å². The van der Waals surface area contributed by atoms with Crippen molar-refractivity contribution < 1.29 is 21.6 Å². The van der Waals surface area contributed by atoms with E-state index in [1.54, 1.807) is 6.21 Å². The first-order valence-electron chi connectivity index (χ1n) is 10.2. The maximum absolute atomic E-state index is 13.6. The van der Waals surface area contributed by atoms with Crippen molar-refractivity contribution in [2.75, 3.05) is 0 Å². The van der Waals surface area contributed by atoms with Gasteiger partial charge in [-0.15, -0.1) is 0 Å². The number of hydrogen-bond acceptors (Lipinski definition) is 4. The summed E-state index contributed by atoms with van der Waals surface area (Å²) in [7, 11) is -3.99. The average molecular weight is 526 g/mol. The molecule has 0 amide bonds. The molecule has 3 aliphatic heterocycles. The molecule has 0 aliphatic carbocycles. The van der Waals surface area contributed by atoms with Gasteiger partial charge in [0.2, 0.25) is 10.0 Å². The lowest BCUT2D eigenvalue weighted by Gasteiger charge is -2.49. The molecule has 2 aromatic rings. The van der Waals surface area contributed by atoms with Gasteiger partial charge in [-0.25, -0.2) is 8.42 Å². The third-order valence-electron chi connectivity index (χ3n) is 6.53. The molecule has 0 aromatic heterocycles. The molecule has 0 spiro atoms. The summed E-state index contributed by atoms with van der Waals surface area (Å²) < 4.78 is 68.5. The second-order valence-electron chi connectivity index (χ2n) is 8.38. The van der Waals surface area contributed by atoms with Gasteiger partial charge in [-0.3, -0.25) is 0 Å². The van der Waals surface area contributed by atoms with Crippen LogP contribution in [0.5, 0.6) is 0 Å². The van der Waals surface area contributed by atoms with Gasteiger partial charge in [0.15, 0.2) is 0 Å². The maximum atomic E-state index is 13.6. The van der Waals surface area contributed by atoms with E-state index < -0.39 is 21.8 Å². The quantitative estimate of drug-likeness (QED) is 0.550. The van der Waals surface area contributed by atoms with Gasteiger partial charge >= 0.3 is 6.18 Å². The Bertz CT molecular complexity index is 1190. The number of sulfonamides is 1. The molecule has 10 heteroatoms. The Kier molecular flexibility index (Phi) is 5.29. The molecule has 3 aliphatic rings. The Balaban J connectivity index is 1.50. The molecule has 3 heterocycles. The highest BCUT2D eigenvalue weighted by molar-refractivity contribution is 9.10. The highest BCUT2D eigenvalue weighted by Gasteiger charge is 2.52. The summed E-state index contributed by atoms with van der Waals surface area (Å²) in [5.41, 5.74) is 1.15. The molecule has 2 fully saturated rings. The summed E-state index contributed by atoms with van der Waals surface area (Å²) >= 11 is 3.44. The molecule has 32 heavy (non-hydrogen) atoms. The minimum atomic E-state index is -4.52. The van der Waals surface area contributed by atoms with Crippen LogP contribution in [0.3, 0.4) is 0 Å². The van der Waals surface area contributed by atoms with Gasteiger partial charge in [0.1, 0.15) is 0 Å². The molecule has 5 nitrogen and oxygen atoms in total. The van der Waals surface area contributed by atoms with Crippen LogP contribution in [0, 0.1) is 5.92 Å². The standard InChI is InChI=1S/C22H19BrF3N3O2S/c23-16-5-1-13(2-6-16)14-9-17-11-20-19(12-27-28-20)21(10-14)29(17)32(30,31)18-7-3-15(4-8-18)22(24,25)26/h1-8,12,14,17,19,21H,9-11H2. The third kappa shape index (κ3) is 3.72. The highest BCUT2D eigenvalue weighted by atomic mass is 79.9. The largest absolute Gasteiger partial charge is 0.416 e. The molecule has 2 bridgehead atoms. The van der Waals surface area contributed by atoms with Gasteiger partial charge in [-0.2, -0.15) is 27.7 Å². The van der Waals surface area contributed by atoms with Crippen molar-refractivity contribution in [3.05, 3.63) is 64.1 Å². The number of alkyl halides is 3. The van der Waals surface area contributed by atoms with Crippen molar-refractivity contribution in [2.24, 2.45) is 16.1 Å². The van der Waals surface area contributed by atoms with Crippen molar-refractivity contribution in [3.8, 4) is 0 Å². The second-order valence-corrected chi connectivity index (χ2v) is 11.1. The maximum Gasteiger partial charge on any atom is 0.416 e. The van der Waals surface area contributed by atoms with E-state index in [2.05, 4.69) is 26.1 Å². The van der Waals surface area contributed by atoms with Crippen molar-refractivity contribution in [1.82, 2.24) is 4.31 Å². The van der Waals surface area contributed by atoms with Crippen molar-refractivity contribution in [1.29, 1.82) is 0 Å². The van der Waals surface area contributed by atoms with Crippen LogP contribution in [0.1, 0.15) is 36.3 Å². The predicted octanol–water partition coefficient (Wildman–Crippen LogP) is 5.23. The molecule has 5 rings (SSSR count). The van der Waals surface area contributed by atoms with Gasteiger partial charge < -0.3 is 0 Å². The normalized spacial score (nSPS) is 27.8. The fraction of sp³-hybridized carbons (Fsp3) is 0.364. The van der Waals surface area contributed by atoms with E-state index in [1.165, 1.54) is 4.31 Å². The smallest absolute Gasteiger partial charge is 0.207 e. The zero-order valence-electron chi connectivity index (χ0n) is 16.7. The number of rotatable bonds is 3. The molecular weight excluding hydrogens is 507 g/mol. The van der Waals surface area contributed by atoms with E-state index in [1.807, 2.05) is 24.3 Å². The highest BCUT2D eigenvalue weighted by Crippen LogP contribution is 2.46. The van der Waals surface area contributed by atoms with Crippen molar-refractivity contribution in [3.63, 3.8) is 0 Å². The summed E-state index contributed by atoms with van der Waals surface area (Å²) in [6.07, 6.45) is -1.16. The molecule has 2 aromatic carbocycles. The van der Waals surface area contributed by atoms with Gasteiger partial charge in [0.05, 0.1) is 22.1 Å². The van der Waals surface area contributed by atoms with Crippen molar-refractivity contribution >= 4 is 37.9 Å². The first-order chi connectivity index (χ1) is 15.1. The zero-order valence-corrected chi connectivity index (χ0v) is 19.1. The Hall–Kier alpha value is -2.04. The van der Waals surface area contributed by atoms with E-state index >= 15 is 0 Å². The van der Waals surface area contributed by atoms with E-state index in [9.17, 15) is 21.6 Å². The first-order valence-corrected chi connectivity index (χ1v) is 12.4. The summed E-state index contributed by atoms with van der Waals surface area (Å²) in [5.74, 6) is -0.0403. The number of halogens is 4. The van der Waals surface area contributed by atoms with Gasteiger partial charge in [-0.1, -0.05) is 28.1 Å². The number of fused-ring (bicyclic) bond motifs is 4. The van der Waals surface area contributed by atoms with E-state index in [-0.39, 0.29) is 28.8 Å². The lowest BCUT2D eigenvalue weighted by Crippen LogP contribution is -2.60. The van der Waals surface area contributed by atoms with Gasteiger partial charge in [0, 0.05) is 29.2 Å². The summed E-state index contributed by atoms with van der Waals surface area (Å²) in [6.45, 7) is 0. The Morgan fingerprint density at radius 1 is 1.00 bits per heavy atom. The lowest BCUT2D eigenvalue weighted by molar-refractivity contribution is -0.137. The fourth-order valence-corrected chi connectivity index (χ4v) is 7.18. The van der Waals surface area contributed by atoms with Crippen LogP contribution in [0.2, 0.25) is 0 Å². The molecule has 4 unspecified atom stereocenters. The minimum absolute atomic E-state index is 0.127. The number of benzene rings is 2. The summed E-state index contributed by atoms with van der Waals surface area (Å²) in [6, 6.07) is 11.1. The minimum Gasteiger partial charge on any atom is -0.207 e. The lowest BCUT2D eigenvalue weighted by atomic mass is 9.72. The first kappa shape index (κ1) is 21.8. The van der Waals surface area contributed by atoms with Crippen LogP contribution in [0.4, 0.5) is 13.2 Å². The fourth-order valence-electron chi connectivity index (χ4n) is 5.06. The monoisotopic (exact) mass is 525 g/mol. The van der Waals surface area contributed by atoms with Crippen LogP contribution in [-0.4, -0.2) is 36.7 Å². The molecule has 0 saturated carbocycles. The number of hydrogen-bond donors (Lipinski definition) is 0. The molecular formula is C22H19BrF3N3O2S. The molecule has 0 radical (unpaired) electrons. The topological polar surface area (TPSA) is 62.1 Å². The molecule has 168 valence electrons. The second kappa shape index (κ2) is 7.78. The Morgan fingerprint density at radius 2 is 1.69 bits per heavy atom. The van der Waals surface area contributed by atoms with Gasteiger partial charge in [0.25, 0.3) is 0 Å². The molecule has 0 N–H and O–H groups in total. The summed E-state index contributed by atoms with van der Waals surface area (Å²) in [4.78, 5) is -0.127.